The molecule has 3 rings (SSSR count). The minimum Gasteiger partial charge on any atom is -0.402 e. The monoisotopic (exact) mass is 406 g/mol. The molecule has 1 amide bonds. The van der Waals surface area contributed by atoms with E-state index in [1.807, 2.05) is 13.8 Å². The Bertz CT molecular complexity index is 1100. The number of carbonyl (C=O) groups is 1. The number of aryl methyl sites for hydroxylation is 2. The van der Waals surface area contributed by atoms with E-state index in [1.165, 1.54) is 35.6 Å². The van der Waals surface area contributed by atoms with Crippen LogP contribution >= 0.6 is 11.3 Å². The molecule has 3 aromatic rings. The molecule has 142 valence electrons. The Morgan fingerprint density at radius 3 is 2.59 bits per heavy atom. The van der Waals surface area contributed by atoms with Crippen molar-refractivity contribution in [3.8, 4) is 10.8 Å². The number of nitrogens with zero attached hydrogens (tertiary/aromatic N) is 3. The van der Waals surface area contributed by atoms with Gasteiger partial charge in [0.05, 0.1) is 20.8 Å². The van der Waals surface area contributed by atoms with Crippen molar-refractivity contribution < 1.29 is 17.6 Å². The molecule has 0 bridgehead atoms. The predicted molar refractivity (Wildman–Crippen MR) is 102 cm³/mol. The Morgan fingerprint density at radius 1 is 1.22 bits per heavy atom. The van der Waals surface area contributed by atoms with E-state index in [9.17, 15) is 13.2 Å². The highest BCUT2D eigenvalue weighted by molar-refractivity contribution is 7.92. The average molecular weight is 406 g/mol. The van der Waals surface area contributed by atoms with Gasteiger partial charge in [-0.05, 0) is 45.9 Å². The van der Waals surface area contributed by atoms with Crippen molar-refractivity contribution in [2.75, 3.05) is 5.32 Å². The number of hydrogen-bond acceptors (Lipinski definition) is 8. The third-order valence-electron chi connectivity index (χ3n) is 3.79. The normalized spacial score (nSPS) is 11.7. The number of anilines is 1. The van der Waals surface area contributed by atoms with Gasteiger partial charge in [0, 0.05) is 5.56 Å². The van der Waals surface area contributed by atoms with Gasteiger partial charge in [-0.25, -0.2) is 13.4 Å². The van der Waals surface area contributed by atoms with Crippen LogP contribution in [-0.4, -0.2) is 34.8 Å². The number of hydrogen-bond donors (Lipinski definition) is 1. The van der Waals surface area contributed by atoms with Gasteiger partial charge in [0.25, 0.3) is 11.8 Å². The van der Waals surface area contributed by atoms with Gasteiger partial charge in [0.2, 0.25) is 0 Å². The van der Waals surface area contributed by atoms with E-state index in [-0.39, 0.29) is 22.4 Å². The second-order valence-corrected chi connectivity index (χ2v) is 9.84. The smallest absolute Gasteiger partial charge is 0.322 e. The Labute approximate surface area is 160 Å². The molecule has 0 saturated heterocycles. The van der Waals surface area contributed by atoms with Gasteiger partial charge in [0.15, 0.2) is 9.84 Å². The number of aromatic nitrogens is 3. The van der Waals surface area contributed by atoms with Crippen molar-refractivity contribution in [2.24, 2.45) is 0 Å². The summed E-state index contributed by atoms with van der Waals surface area (Å²) in [5.74, 6) is -0.271. The van der Waals surface area contributed by atoms with Crippen LogP contribution in [-0.2, 0) is 9.84 Å². The van der Waals surface area contributed by atoms with Gasteiger partial charge in [0.1, 0.15) is 4.88 Å². The van der Waals surface area contributed by atoms with Crippen LogP contribution in [0.2, 0.25) is 0 Å². The average Bonchev–Trinajstić information content (AvgIpc) is 3.20. The standard InChI is InChI=1S/C17H18N4O4S2/c1-9(2)27(23,24)13-7-5-6-12(8-13)15(22)19-17-21-20-16(25-17)14-10(3)18-11(4)26-14/h5-9H,1-4H3,(H,19,21,22). The van der Waals surface area contributed by atoms with Crippen molar-refractivity contribution >= 4 is 33.1 Å². The first kappa shape index (κ1) is 19.2. The molecule has 2 heterocycles. The first-order valence-electron chi connectivity index (χ1n) is 8.11. The Kier molecular flexibility index (Phi) is 5.11. The number of carbonyl (C=O) groups excluding carboxylic acids is 1. The molecule has 0 unspecified atom stereocenters. The quantitative estimate of drug-likeness (QED) is 0.691. The third-order valence-corrected chi connectivity index (χ3v) is 7.00. The van der Waals surface area contributed by atoms with Crippen molar-refractivity contribution in [3.05, 3.63) is 40.5 Å². The highest BCUT2D eigenvalue weighted by Gasteiger charge is 2.21. The Morgan fingerprint density at radius 2 is 1.96 bits per heavy atom. The van der Waals surface area contributed by atoms with Gasteiger partial charge < -0.3 is 4.42 Å². The molecule has 1 aromatic carbocycles. The van der Waals surface area contributed by atoms with Crippen LogP contribution in [0, 0.1) is 13.8 Å². The molecule has 0 fully saturated rings. The van der Waals surface area contributed by atoms with Crippen molar-refractivity contribution in [1.82, 2.24) is 15.2 Å². The van der Waals surface area contributed by atoms with Crippen LogP contribution in [0.5, 0.6) is 0 Å². The van der Waals surface area contributed by atoms with Gasteiger partial charge >= 0.3 is 6.01 Å². The lowest BCUT2D eigenvalue weighted by Crippen LogP contribution is -2.16. The van der Waals surface area contributed by atoms with Crippen LogP contribution in [0.1, 0.15) is 34.9 Å². The number of rotatable bonds is 5. The molecule has 10 heteroatoms. The fourth-order valence-electron chi connectivity index (χ4n) is 2.35. The van der Waals surface area contributed by atoms with E-state index in [0.29, 0.717) is 0 Å². The van der Waals surface area contributed by atoms with Crippen LogP contribution in [0.4, 0.5) is 6.01 Å². The maximum Gasteiger partial charge on any atom is 0.322 e. The van der Waals surface area contributed by atoms with Gasteiger partial charge in [-0.2, -0.15) is 0 Å². The van der Waals surface area contributed by atoms with Crippen LogP contribution in [0.3, 0.4) is 0 Å². The van der Waals surface area contributed by atoms with Gasteiger partial charge in [-0.3, -0.25) is 10.1 Å². The van der Waals surface area contributed by atoms with Crippen LogP contribution in [0.25, 0.3) is 10.8 Å². The minimum absolute atomic E-state index is 0.0717. The van der Waals surface area contributed by atoms with E-state index in [4.69, 9.17) is 4.42 Å². The first-order chi connectivity index (χ1) is 12.7. The molecule has 8 nitrogen and oxygen atoms in total. The highest BCUT2D eigenvalue weighted by atomic mass is 32.2. The van der Waals surface area contributed by atoms with E-state index in [1.54, 1.807) is 13.8 Å². The summed E-state index contributed by atoms with van der Waals surface area (Å²) < 4.78 is 30.1. The number of thiazole rings is 1. The summed E-state index contributed by atoms with van der Waals surface area (Å²) in [6.07, 6.45) is 0. The molecular weight excluding hydrogens is 388 g/mol. The third kappa shape index (κ3) is 3.91. The summed E-state index contributed by atoms with van der Waals surface area (Å²) >= 11 is 1.42. The maximum absolute atomic E-state index is 12.4. The number of nitrogens with one attached hydrogen (secondary N) is 1. The minimum atomic E-state index is -3.48. The fourth-order valence-corrected chi connectivity index (χ4v) is 4.30. The molecule has 0 aliphatic carbocycles. The largest absolute Gasteiger partial charge is 0.402 e. The second-order valence-electron chi connectivity index (χ2n) is 6.14. The zero-order chi connectivity index (χ0) is 19.8. The van der Waals surface area contributed by atoms with Gasteiger partial charge in [-0.15, -0.1) is 16.4 Å². The lowest BCUT2D eigenvalue weighted by Gasteiger charge is -2.09. The molecule has 1 N–H and O–H groups in total. The molecule has 0 radical (unpaired) electrons. The summed E-state index contributed by atoms with van der Waals surface area (Å²) in [4.78, 5) is 17.6. The summed E-state index contributed by atoms with van der Waals surface area (Å²) in [6, 6.07) is 5.76. The fraction of sp³-hybridized carbons (Fsp3) is 0.294. The first-order valence-corrected chi connectivity index (χ1v) is 10.5. The van der Waals surface area contributed by atoms with E-state index in [2.05, 4.69) is 20.5 Å². The molecule has 2 aromatic heterocycles. The zero-order valence-corrected chi connectivity index (χ0v) is 16.8. The van der Waals surface area contributed by atoms with Crippen LogP contribution in [0.15, 0.2) is 33.6 Å². The van der Waals surface area contributed by atoms with Crippen molar-refractivity contribution in [2.45, 2.75) is 37.8 Å². The number of amides is 1. The maximum atomic E-state index is 12.4. The SMILES string of the molecule is Cc1nc(C)c(-c2nnc(NC(=O)c3cccc(S(=O)(=O)C(C)C)c3)o2)s1. The predicted octanol–water partition coefficient (Wildman–Crippen LogP) is 3.24. The topological polar surface area (TPSA) is 115 Å². The summed E-state index contributed by atoms with van der Waals surface area (Å²) in [5.41, 5.74) is 0.951. The summed E-state index contributed by atoms with van der Waals surface area (Å²) in [7, 11) is -3.48. The Hall–Kier alpha value is -2.59. The van der Waals surface area contributed by atoms with Crippen LogP contribution < -0.4 is 5.32 Å². The van der Waals surface area contributed by atoms with Crippen molar-refractivity contribution in [1.29, 1.82) is 0 Å². The number of sulfone groups is 1. The molecule has 27 heavy (non-hydrogen) atoms. The molecule has 0 atom stereocenters. The lowest BCUT2D eigenvalue weighted by molar-refractivity contribution is 0.102. The highest BCUT2D eigenvalue weighted by Crippen LogP contribution is 2.29. The molecular formula is C17H18N4O4S2. The van der Waals surface area contributed by atoms with E-state index >= 15 is 0 Å². The molecule has 0 spiro atoms. The zero-order valence-electron chi connectivity index (χ0n) is 15.2. The van der Waals surface area contributed by atoms with E-state index < -0.39 is 21.0 Å². The van der Waals surface area contributed by atoms with E-state index in [0.717, 1.165) is 15.6 Å². The number of benzene rings is 1. The lowest BCUT2D eigenvalue weighted by atomic mass is 10.2. The Balaban J connectivity index is 1.82. The summed E-state index contributed by atoms with van der Waals surface area (Å²) in [5, 5.41) is 10.5. The molecule has 0 saturated carbocycles. The second kappa shape index (κ2) is 7.20. The van der Waals surface area contributed by atoms with Gasteiger partial charge in [-0.1, -0.05) is 11.2 Å². The molecule has 0 aliphatic heterocycles. The molecule has 0 aliphatic rings. The van der Waals surface area contributed by atoms with Crippen molar-refractivity contribution in [3.63, 3.8) is 0 Å². The summed E-state index contributed by atoms with van der Waals surface area (Å²) in [6.45, 7) is 6.89.